The first-order valence-electron chi connectivity index (χ1n) is 5.84. The third-order valence-electron chi connectivity index (χ3n) is 3.82. The van der Waals surface area contributed by atoms with E-state index in [9.17, 15) is 0 Å². The molecule has 1 aromatic heterocycles. The number of fused-ring (bicyclic) bond motifs is 2. The maximum absolute atomic E-state index is 6.14. The summed E-state index contributed by atoms with van der Waals surface area (Å²) in [6, 6.07) is 2.21. The molecule has 15 heavy (non-hydrogen) atoms. The van der Waals surface area contributed by atoms with Gasteiger partial charge in [-0.15, -0.1) is 11.3 Å². The van der Waals surface area contributed by atoms with Crippen molar-refractivity contribution < 1.29 is 0 Å². The minimum atomic E-state index is 0.287. The molecule has 1 aliphatic heterocycles. The van der Waals surface area contributed by atoms with Gasteiger partial charge in [0, 0.05) is 17.0 Å². The molecule has 3 heteroatoms. The minimum Gasteiger partial charge on any atom is -0.307 e. The van der Waals surface area contributed by atoms with E-state index < -0.39 is 0 Å². The number of hydrogen-bond donors (Lipinski definition) is 1. The molecule has 3 rings (SSSR count). The zero-order valence-electron chi connectivity index (χ0n) is 8.81. The topological polar surface area (TPSA) is 12.0 Å². The Morgan fingerprint density at radius 1 is 1.27 bits per heavy atom. The van der Waals surface area contributed by atoms with Crippen LogP contribution in [0.4, 0.5) is 0 Å². The predicted molar refractivity (Wildman–Crippen MR) is 65.8 cm³/mol. The Hall–Kier alpha value is -0.0500. The number of hydrogen-bond acceptors (Lipinski definition) is 2. The number of rotatable bonds is 0. The molecule has 1 saturated carbocycles. The molecule has 1 spiro atoms. The molecule has 0 unspecified atom stereocenters. The predicted octanol–water partition coefficient (Wildman–Crippen LogP) is 3.71. The Bertz CT molecular complexity index is 366. The molecule has 0 aromatic carbocycles. The summed E-state index contributed by atoms with van der Waals surface area (Å²) in [7, 11) is 0. The second-order valence-corrected chi connectivity index (χ2v) is 6.47. The van der Waals surface area contributed by atoms with Crippen molar-refractivity contribution in [3.63, 3.8) is 0 Å². The van der Waals surface area contributed by atoms with Gasteiger partial charge in [0.05, 0.1) is 4.34 Å². The van der Waals surface area contributed by atoms with Gasteiger partial charge < -0.3 is 5.32 Å². The molecule has 0 radical (unpaired) electrons. The highest BCUT2D eigenvalue weighted by Crippen LogP contribution is 2.44. The normalized spacial score (nSPS) is 24.1. The van der Waals surface area contributed by atoms with E-state index in [2.05, 4.69) is 11.4 Å². The number of halogens is 1. The van der Waals surface area contributed by atoms with Crippen LogP contribution in [0.2, 0.25) is 4.34 Å². The van der Waals surface area contributed by atoms with Crippen molar-refractivity contribution in [2.45, 2.75) is 44.1 Å². The highest BCUT2D eigenvalue weighted by molar-refractivity contribution is 7.16. The molecule has 0 saturated heterocycles. The molecule has 1 nitrogen and oxygen atoms in total. The molecule has 0 bridgehead atoms. The molecule has 1 aliphatic carbocycles. The average molecular weight is 242 g/mol. The third-order valence-corrected chi connectivity index (χ3v) is 5.14. The van der Waals surface area contributed by atoms with E-state index in [-0.39, 0.29) is 5.54 Å². The van der Waals surface area contributed by atoms with Crippen LogP contribution in [0.5, 0.6) is 0 Å². The van der Waals surface area contributed by atoms with Crippen LogP contribution in [0.3, 0.4) is 0 Å². The Morgan fingerprint density at radius 2 is 2.07 bits per heavy atom. The molecule has 1 fully saturated rings. The monoisotopic (exact) mass is 241 g/mol. The van der Waals surface area contributed by atoms with Gasteiger partial charge in [0.1, 0.15) is 0 Å². The molecule has 82 valence electrons. The third kappa shape index (κ3) is 1.63. The van der Waals surface area contributed by atoms with Gasteiger partial charge >= 0.3 is 0 Å². The molecule has 2 heterocycles. The van der Waals surface area contributed by atoms with Crippen LogP contribution >= 0.6 is 22.9 Å². The van der Waals surface area contributed by atoms with Crippen LogP contribution in [-0.2, 0) is 12.0 Å². The zero-order chi connectivity index (χ0) is 10.3. The van der Waals surface area contributed by atoms with E-state index in [0.717, 1.165) is 17.3 Å². The fourth-order valence-electron chi connectivity index (χ4n) is 3.10. The van der Waals surface area contributed by atoms with Crippen molar-refractivity contribution in [3.8, 4) is 0 Å². The lowest BCUT2D eigenvalue weighted by Crippen LogP contribution is -2.47. The Balaban J connectivity index is 2.03. The molecule has 1 N–H and O–H groups in total. The van der Waals surface area contributed by atoms with E-state index >= 15 is 0 Å². The Labute approximate surface area is 99.8 Å². The molecule has 0 atom stereocenters. The summed E-state index contributed by atoms with van der Waals surface area (Å²) in [5, 5.41) is 3.75. The van der Waals surface area contributed by atoms with Gasteiger partial charge in [-0.3, -0.25) is 0 Å². The van der Waals surface area contributed by atoms with Gasteiger partial charge in [0.2, 0.25) is 0 Å². The molecule has 0 amide bonds. The summed E-state index contributed by atoms with van der Waals surface area (Å²) >= 11 is 7.93. The molecule has 1 aromatic rings. The van der Waals surface area contributed by atoms with E-state index in [4.69, 9.17) is 11.6 Å². The summed E-state index contributed by atoms with van der Waals surface area (Å²) in [4.78, 5) is 1.53. The van der Waals surface area contributed by atoms with Gasteiger partial charge in [0.15, 0.2) is 0 Å². The first kappa shape index (κ1) is 10.1. The molecule has 2 aliphatic rings. The summed E-state index contributed by atoms with van der Waals surface area (Å²) < 4.78 is 0.966. The fraction of sp³-hybridized carbons (Fsp3) is 0.667. The van der Waals surface area contributed by atoms with Gasteiger partial charge in [0.25, 0.3) is 0 Å². The summed E-state index contributed by atoms with van der Waals surface area (Å²) in [5.74, 6) is 0. The molecular weight excluding hydrogens is 226 g/mol. The zero-order valence-corrected chi connectivity index (χ0v) is 10.4. The highest BCUT2D eigenvalue weighted by Gasteiger charge is 2.38. The van der Waals surface area contributed by atoms with Gasteiger partial charge in [-0.1, -0.05) is 30.9 Å². The van der Waals surface area contributed by atoms with E-state index in [0.29, 0.717) is 0 Å². The summed E-state index contributed by atoms with van der Waals surface area (Å²) in [5.41, 5.74) is 1.80. The van der Waals surface area contributed by atoms with Crippen molar-refractivity contribution in [2.24, 2.45) is 0 Å². The van der Waals surface area contributed by atoms with Crippen molar-refractivity contribution in [1.29, 1.82) is 0 Å². The SMILES string of the molecule is Clc1cc2c(s1)CCNC21CCCCC1. The van der Waals surface area contributed by atoms with Crippen LogP contribution in [0.25, 0.3) is 0 Å². The average Bonchev–Trinajstić information content (AvgIpc) is 2.62. The largest absolute Gasteiger partial charge is 0.307 e. The van der Waals surface area contributed by atoms with Crippen LogP contribution in [-0.4, -0.2) is 6.54 Å². The first-order valence-corrected chi connectivity index (χ1v) is 7.03. The second kappa shape index (κ2) is 3.76. The van der Waals surface area contributed by atoms with Crippen LogP contribution in [0.1, 0.15) is 42.5 Å². The smallest absolute Gasteiger partial charge is 0.0934 e. The lowest BCUT2D eigenvalue weighted by Gasteiger charge is -2.41. The maximum atomic E-state index is 6.14. The number of nitrogens with one attached hydrogen (secondary N) is 1. The van der Waals surface area contributed by atoms with E-state index in [1.54, 1.807) is 11.3 Å². The van der Waals surface area contributed by atoms with Crippen molar-refractivity contribution in [1.82, 2.24) is 5.32 Å². The lowest BCUT2D eigenvalue weighted by atomic mass is 9.75. The standard InChI is InChI=1S/C12H16ClNS/c13-11-8-9-10(15-11)4-7-14-12(9)5-2-1-3-6-12/h8,14H,1-7H2. The van der Waals surface area contributed by atoms with Crippen LogP contribution < -0.4 is 5.32 Å². The molecular formula is C12H16ClNS. The van der Waals surface area contributed by atoms with Crippen LogP contribution in [0, 0.1) is 0 Å². The highest BCUT2D eigenvalue weighted by atomic mass is 35.5. The van der Waals surface area contributed by atoms with Crippen molar-refractivity contribution >= 4 is 22.9 Å². The van der Waals surface area contributed by atoms with Crippen LogP contribution in [0.15, 0.2) is 6.07 Å². The quantitative estimate of drug-likeness (QED) is 0.730. The van der Waals surface area contributed by atoms with E-state index in [1.807, 2.05) is 0 Å². The second-order valence-electron chi connectivity index (χ2n) is 4.71. The van der Waals surface area contributed by atoms with Gasteiger partial charge in [-0.25, -0.2) is 0 Å². The number of thiophene rings is 1. The van der Waals surface area contributed by atoms with Crippen molar-refractivity contribution in [2.75, 3.05) is 6.54 Å². The van der Waals surface area contributed by atoms with E-state index in [1.165, 1.54) is 42.5 Å². The first-order chi connectivity index (χ1) is 7.30. The Morgan fingerprint density at radius 3 is 2.87 bits per heavy atom. The fourth-order valence-corrected chi connectivity index (χ4v) is 4.47. The summed E-state index contributed by atoms with van der Waals surface area (Å²) in [6.07, 6.45) is 7.88. The van der Waals surface area contributed by atoms with Gasteiger partial charge in [-0.2, -0.15) is 0 Å². The van der Waals surface area contributed by atoms with Gasteiger partial charge in [-0.05, 0) is 30.9 Å². The maximum Gasteiger partial charge on any atom is 0.0934 e. The lowest BCUT2D eigenvalue weighted by molar-refractivity contribution is 0.225. The van der Waals surface area contributed by atoms with Crippen molar-refractivity contribution in [3.05, 3.63) is 20.8 Å². The Kier molecular flexibility index (Phi) is 2.54. The summed E-state index contributed by atoms with van der Waals surface area (Å²) in [6.45, 7) is 1.13. The minimum absolute atomic E-state index is 0.287.